The molecular weight excluding hydrogens is 460 g/mol. The fraction of sp³-hybridized carbons (Fsp3) is 0.250. The highest BCUT2D eigenvalue weighted by Gasteiger charge is 2.26. The van der Waals surface area contributed by atoms with Gasteiger partial charge in [0.25, 0.3) is 5.91 Å². The van der Waals surface area contributed by atoms with E-state index in [1.165, 1.54) is 6.26 Å². The van der Waals surface area contributed by atoms with E-state index in [-0.39, 0.29) is 18.3 Å². The number of amides is 1. The van der Waals surface area contributed by atoms with E-state index in [1.54, 1.807) is 48.5 Å². The molecule has 2 bridgehead atoms. The number of halogens is 1. The van der Waals surface area contributed by atoms with Crippen molar-refractivity contribution in [3.63, 3.8) is 0 Å². The lowest BCUT2D eigenvalue weighted by atomic mass is 9.97. The van der Waals surface area contributed by atoms with Crippen LogP contribution in [0.2, 0.25) is 5.02 Å². The topological polar surface area (TPSA) is 109 Å². The number of benzene rings is 2. The van der Waals surface area contributed by atoms with Crippen LogP contribution in [0, 0.1) is 11.7 Å². The second kappa shape index (κ2) is 8.35. The molecule has 2 atom stereocenters. The third kappa shape index (κ3) is 4.28. The molecule has 0 saturated heterocycles. The Bertz CT molecular complexity index is 1390. The zero-order chi connectivity index (χ0) is 24.1. The molecule has 3 N–H and O–H groups in total. The number of hydrogen-bond acceptors (Lipinski definition) is 6. The molecule has 172 valence electrons. The highest BCUT2D eigenvalue weighted by Crippen LogP contribution is 2.38. The predicted molar refractivity (Wildman–Crippen MR) is 130 cm³/mol. The van der Waals surface area contributed by atoms with Crippen LogP contribution in [0.4, 0.5) is 5.82 Å². The summed E-state index contributed by atoms with van der Waals surface area (Å²) in [6, 6.07) is 10.5. The number of aromatic nitrogens is 1. The molecular formula is C24H25ClN4O3S. The van der Waals surface area contributed by atoms with E-state index in [4.69, 9.17) is 26.9 Å². The molecule has 1 unspecified atom stereocenters. The van der Waals surface area contributed by atoms with Crippen LogP contribution in [-0.4, -0.2) is 33.3 Å². The second-order valence-electron chi connectivity index (χ2n) is 8.35. The highest BCUT2D eigenvalue weighted by atomic mass is 35.5. The van der Waals surface area contributed by atoms with E-state index >= 15 is 0 Å². The van der Waals surface area contributed by atoms with Gasteiger partial charge in [-0.2, -0.15) is 0 Å². The van der Waals surface area contributed by atoms with E-state index in [2.05, 4.69) is 4.98 Å². The van der Waals surface area contributed by atoms with Crippen molar-refractivity contribution >= 4 is 33.1 Å². The number of fused-ring (bicyclic) bond motifs is 5. The van der Waals surface area contributed by atoms with Crippen LogP contribution in [0.5, 0.6) is 5.75 Å². The van der Waals surface area contributed by atoms with Gasteiger partial charge in [0, 0.05) is 47.6 Å². The number of rotatable bonds is 1. The van der Waals surface area contributed by atoms with E-state index in [0.29, 0.717) is 37.9 Å². The molecule has 7 nitrogen and oxygen atoms in total. The number of anilines is 1. The number of nitrogen functional groups attached to an aromatic ring is 1. The molecule has 0 aliphatic carbocycles. The van der Waals surface area contributed by atoms with E-state index < -0.39 is 15.8 Å². The van der Waals surface area contributed by atoms with Crippen molar-refractivity contribution in [1.82, 2.24) is 9.88 Å². The molecule has 3 aromatic rings. The maximum Gasteiger partial charge on any atom is 0.254 e. The smallest absolute Gasteiger partial charge is 0.254 e. The van der Waals surface area contributed by atoms with E-state index in [1.807, 2.05) is 19.9 Å². The van der Waals surface area contributed by atoms with Crippen molar-refractivity contribution in [1.29, 1.82) is 4.78 Å². The van der Waals surface area contributed by atoms with Crippen molar-refractivity contribution in [2.24, 2.45) is 0 Å². The summed E-state index contributed by atoms with van der Waals surface area (Å²) < 4.78 is 26.6. The van der Waals surface area contributed by atoms with E-state index in [9.17, 15) is 9.00 Å². The first kappa shape index (κ1) is 23.1. The fourth-order valence-electron chi connectivity index (χ4n) is 3.97. The molecule has 4 rings (SSSR count). The Morgan fingerprint density at radius 3 is 2.67 bits per heavy atom. The molecule has 33 heavy (non-hydrogen) atoms. The minimum Gasteiger partial charge on any atom is -0.482 e. The number of carbonyl (C=O) groups excluding carboxylic acids is 1. The monoisotopic (exact) mass is 484 g/mol. The van der Waals surface area contributed by atoms with Gasteiger partial charge in [0.15, 0.2) is 11.6 Å². The zero-order valence-corrected chi connectivity index (χ0v) is 20.4. The molecule has 0 radical (unpaired) electrons. The van der Waals surface area contributed by atoms with Gasteiger partial charge < -0.3 is 15.4 Å². The SMILES string of the molecule is Cc1ccc2c(c1Cl)[C@@H](C)Oc1cc(cnc1N)-c1cc(S(C)(=N)=O)ccc1CN(C)C2=O. The summed E-state index contributed by atoms with van der Waals surface area (Å²) in [7, 11) is -1.22. The summed E-state index contributed by atoms with van der Waals surface area (Å²) in [6.07, 6.45) is 2.41. The van der Waals surface area contributed by atoms with Crippen molar-refractivity contribution in [3.05, 3.63) is 69.9 Å². The van der Waals surface area contributed by atoms with Crippen LogP contribution < -0.4 is 10.5 Å². The molecule has 1 aliphatic heterocycles. The molecule has 0 saturated carbocycles. The standard InChI is InChI=1S/C24H25ClN4O3S/c1-13-5-8-18-21(22(13)25)14(2)32-20-9-16(11-28-23(20)26)19-10-17(33(4,27)31)7-6-15(19)12-29(3)24(18)30/h5-11,14,27H,12H2,1-4H3,(H2,26,28)/t14-,33?/m1/s1. The maximum absolute atomic E-state index is 13.5. The number of aryl methyl sites for hydroxylation is 1. The summed E-state index contributed by atoms with van der Waals surface area (Å²) in [6.45, 7) is 3.98. The quantitative estimate of drug-likeness (QED) is 0.502. The lowest BCUT2D eigenvalue weighted by Crippen LogP contribution is -2.28. The average molecular weight is 485 g/mol. The summed E-state index contributed by atoms with van der Waals surface area (Å²) in [5.41, 5.74) is 10.2. The van der Waals surface area contributed by atoms with Gasteiger partial charge in [0.05, 0.1) is 14.8 Å². The molecule has 1 aromatic heterocycles. The summed E-state index contributed by atoms with van der Waals surface area (Å²) >= 11 is 6.63. The fourth-order valence-corrected chi connectivity index (χ4v) is 4.96. The van der Waals surface area contributed by atoms with Gasteiger partial charge in [-0.05, 0) is 54.8 Å². The van der Waals surface area contributed by atoms with E-state index in [0.717, 1.165) is 11.1 Å². The van der Waals surface area contributed by atoms with Gasteiger partial charge in [0.1, 0.15) is 6.10 Å². The van der Waals surface area contributed by atoms with Crippen molar-refractivity contribution < 1.29 is 13.7 Å². The van der Waals surface area contributed by atoms with Crippen LogP contribution in [0.3, 0.4) is 0 Å². The van der Waals surface area contributed by atoms with Gasteiger partial charge >= 0.3 is 0 Å². The Balaban J connectivity index is 1.99. The number of nitrogens with zero attached hydrogens (tertiary/aromatic N) is 2. The van der Waals surface area contributed by atoms with Crippen LogP contribution >= 0.6 is 11.6 Å². The minimum atomic E-state index is -2.94. The highest BCUT2D eigenvalue weighted by molar-refractivity contribution is 7.91. The molecule has 9 heteroatoms. The largest absolute Gasteiger partial charge is 0.482 e. The third-order valence-corrected chi connectivity index (χ3v) is 7.45. The first-order valence-corrected chi connectivity index (χ1v) is 12.7. The van der Waals surface area contributed by atoms with Crippen LogP contribution in [0.15, 0.2) is 47.5 Å². The Hall–Kier alpha value is -3.10. The molecule has 2 aromatic carbocycles. The summed E-state index contributed by atoms with van der Waals surface area (Å²) in [4.78, 5) is 19.8. The van der Waals surface area contributed by atoms with Crippen LogP contribution in [-0.2, 0) is 16.3 Å². The molecule has 1 aliphatic rings. The summed E-state index contributed by atoms with van der Waals surface area (Å²) in [5.74, 6) is 0.353. The van der Waals surface area contributed by atoms with Gasteiger partial charge in [-0.25, -0.2) is 14.0 Å². The van der Waals surface area contributed by atoms with Gasteiger partial charge in [-0.15, -0.1) is 0 Å². The molecule has 0 fully saturated rings. The van der Waals surface area contributed by atoms with Crippen molar-refractivity contribution in [3.8, 4) is 16.9 Å². The molecule has 0 spiro atoms. The van der Waals surface area contributed by atoms with Crippen molar-refractivity contribution in [2.45, 2.75) is 31.4 Å². The lowest BCUT2D eigenvalue weighted by molar-refractivity contribution is 0.0780. The number of nitrogens with one attached hydrogen (secondary N) is 1. The third-order valence-electron chi connectivity index (χ3n) is 5.79. The van der Waals surface area contributed by atoms with Crippen LogP contribution in [0.1, 0.15) is 40.1 Å². The van der Waals surface area contributed by atoms with Crippen molar-refractivity contribution in [2.75, 3.05) is 19.0 Å². The lowest BCUT2D eigenvalue weighted by Gasteiger charge is -2.26. The Labute approximate surface area is 198 Å². The molecule has 1 amide bonds. The Kier molecular flexibility index (Phi) is 5.84. The van der Waals surface area contributed by atoms with Gasteiger partial charge in [0.2, 0.25) is 0 Å². The number of hydrogen-bond donors (Lipinski definition) is 2. The van der Waals surface area contributed by atoms with Gasteiger partial charge in [-0.3, -0.25) is 4.79 Å². The summed E-state index contributed by atoms with van der Waals surface area (Å²) in [5, 5.41) is 0.472. The molecule has 2 heterocycles. The minimum absolute atomic E-state index is 0.201. The maximum atomic E-state index is 13.5. The number of ether oxygens (including phenoxy) is 1. The second-order valence-corrected chi connectivity index (χ2v) is 10.9. The predicted octanol–water partition coefficient (Wildman–Crippen LogP) is 5.05. The average Bonchev–Trinajstić information content (AvgIpc) is 2.75. The normalized spacial score (nSPS) is 17.7. The Morgan fingerprint density at radius 2 is 1.97 bits per heavy atom. The Morgan fingerprint density at radius 1 is 1.24 bits per heavy atom. The number of nitrogens with two attached hydrogens (primary N) is 1. The number of pyridine rings is 1. The number of carbonyl (C=O) groups is 1. The first-order valence-electron chi connectivity index (χ1n) is 10.3. The van der Waals surface area contributed by atoms with Crippen LogP contribution in [0.25, 0.3) is 11.1 Å². The zero-order valence-electron chi connectivity index (χ0n) is 18.8. The first-order chi connectivity index (χ1) is 15.5. The van der Waals surface area contributed by atoms with Gasteiger partial charge in [-0.1, -0.05) is 23.7 Å².